The smallest absolute Gasteiger partial charge is 0.274 e. The molecule has 4 rings (SSSR count). The van der Waals surface area contributed by atoms with Crippen molar-refractivity contribution in [2.24, 2.45) is 5.92 Å². The van der Waals surface area contributed by atoms with Gasteiger partial charge in [-0.05, 0) is 56.4 Å². The van der Waals surface area contributed by atoms with Crippen molar-refractivity contribution >= 4 is 11.6 Å². The van der Waals surface area contributed by atoms with Crippen LogP contribution in [-0.2, 0) is 6.42 Å². The summed E-state index contributed by atoms with van der Waals surface area (Å²) < 4.78 is 20.7. The summed E-state index contributed by atoms with van der Waals surface area (Å²) in [7, 11) is 0. The fourth-order valence-electron chi connectivity index (χ4n) is 3.11. The molecule has 7 heteroatoms. The lowest BCUT2D eigenvalue weighted by Crippen LogP contribution is -2.34. The third-order valence-electron chi connectivity index (χ3n) is 4.86. The second-order valence-electron chi connectivity index (χ2n) is 6.88. The standard InChI is InChI=1S/C20H21FN4O2/c1-3-15-10-17(27-16-8-6-14(21)7-9-16)24-19-18(22-11-25(15)19)20(26)23-12(2)13-4-5-13/h6-13H,3-5H2,1-2H3,(H,23,26). The Morgan fingerprint density at radius 1 is 1.37 bits per heavy atom. The van der Waals surface area contributed by atoms with Crippen LogP contribution < -0.4 is 10.1 Å². The number of aryl methyl sites for hydroxylation is 1. The maximum absolute atomic E-state index is 13.1. The minimum atomic E-state index is -0.334. The normalized spacial score (nSPS) is 14.9. The van der Waals surface area contributed by atoms with Crippen LogP contribution in [-0.4, -0.2) is 26.3 Å². The van der Waals surface area contributed by atoms with Crippen LogP contribution in [0.25, 0.3) is 5.65 Å². The van der Waals surface area contributed by atoms with Gasteiger partial charge in [-0.1, -0.05) is 6.92 Å². The summed E-state index contributed by atoms with van der Waals surface area (Å²) in [6.07, 6.45) is 4.63. The van der Waals surface area contributed by atoms with E-state index in [-0.39, 0.29) is 23.5 Å². The molecule has 1 fully saturated rings. The van der Waals surface area contributed by atoms with E-state index in [0.717, 1.165) is 18.5 Å². The number of benzene rings is 1. The Labute approximate surface area is 156 Å². The summed E-state index contributed by atoms with van der Waals surface area (Å²) in [6, 6.07) is 7.64. The van der Waals surface area contributed by atoms with Crippen LogP contribution in [0.1, 0.15) is 42.9 Å². The Kier molecular flexibility index (Phi) is 4.51. The molecule has 0 radical (unpaired) electrons. The number of nitrogens with zero attached hydrogens (tertiary/aromatic N) is 3. The predicted molar refractivity (Wildman–Crippen MR) is 98.5 cm³/mol. The number of carbonyl (C=O) groups excluding carboxylic acids is 1. The van der Waals surface area contributed by atoms with Gasteiger partial charge >= 0.3 is 0 Å². The number of imidazole rings is 1. The molecular formula is C20H21FN4O2. The summed E-state index contributed by atoms with van der Waals surface area (Å²) >= 11 is 0. The lowest BCUT2D eigenvalue weighted by Gasteiger charge is -2.12. The molecule has 0 spiro atoms. The Balaban J connectivity index is 1.66. The van der Waals surface area contributed by atoms with E-state index in [1.165, 1.54) is 24.3 Å². The van der Waals surface area contributed by atoms with Crippen LogP contribution in [0.3, 0.4) is 0 Å². The first-order chi connectivity index (χ1) is 13.0. The summed E-state index contributed by atoms with van der Waals surface area (Å²) in [5, 5.41) is 3.01. The molecule has 140 valence electrons. The topological polar surface area (TPSA) is 68.5 Å². The third-order valence-corrected chi connectivity index (χ3v) is 4.86. The number of halogens is 1. The summed E-state index contributed by atoms with van der Waals surface area (Å²) in [5.41, 5.74) is 1.65. The largest absolute Gasteiger partial charge is 0.439 e. The predicted octanol–water partition coefficient (Wildman–Crippen LogP) is 3.75. The molecule has 0 aliphatic heterocycles. The molecule has 2 aromatic heterocycles. The van der Waals surface area contributed by atoms with Gasteiger partial charge in [0.05, 0.1) is 0 Å². The van der Waals surface area contributed by atoms with E-state index in [4.69, 9.17) is 4.74 Å². The van der Waals surface area contributed by atoms with Gasteiger partial charge in [0.25, 0.3) is 5.91 Å². The number of ether oxygens (including phenoxy) is 1. The average Bonchev–Trinajstić information content (AvgIpc) is 3.42. The van der Waals surface area contributed by atoms with Gasteiger partial charge < -0.3 is 10.1 Å². The molecule has 0 saturated heterocycles. The lowest BCUT2D eigenvalue weighted by molar-refractivity contribution is 0.0933. The van der Waals surface area contributed by atoms with Gasteiger partial charge in [0, 0.05) is 17.8 Å². The molecule has 1 saturated carbocycles. The molecule has 1 N–H and O–H groups in total. The van der Waals surface area contributed by atoms with E-state index in [1.54, 1.807) is 16.8 Å². The van der Waals surface area contributed by atoms with Crippen LogP contribution in [0.5, 0.6) is 11.6 Å². The molecule has 27 heavy (non-hydrogen) atoms. The van der Waals surface area contributed by atoms with Gasteiger partial charge in [-0.25, -0.2) is 9.37 Å². The van der Waals surface area contributed by atoms with Crippen molar-refractivity contribution in [2.75, 3.05) is 0 Å². The molecule has 6 nitrogen and oxygen atoms in total. The minimum absolute atomic E-state index is 0.124. The first-order valence-electron chi connectivity index (χ1n) is 9.16. The number of nitrogens with one attached hydrogen (secondary N) is 1. The lowest BCUT2D eigenvalue weighted by atomic mass is 10.2. The van der Waals surface area contributed by atoms with Crippen LogP contribution in [0.4, 0.5) is 4.39 Å². The zero-order valence-electron chi connectivity index (χ0n) is 15.3. The molecule has 2 heterocycles. The van der Waals surface area contributed by atoms with E-state index in [9.17, 15) is 9.18 Å². The molecule has 0 bridgehead atoms. The number of rotatable bonds is 6. The molecule has 1 aliphatic rings. The van der Waals surface area contributed by atoms with Crippen LogP contribution >= 0.6 is 0 Å². The zero-order valence-corrected chi connectivity index (χ0v) is 15.3. The van der Waals surface area contributed by atoms with Crippen molar-refractivity contribution < 1.29 is 13.9 Å². The average molecular weight is 368 g/mol. The fraction of sp³-hybridized carbons (Fsp3) is 0.350. The van der Waals surface area contributed by atoms with Gasteiger partial charge in [0.2, 0.25) is 5.88 Å². The van der Waals surface area contributed by atoms with Crippen LogP contribution in [0, 0.1) is 11.7 Å². The van der Waals surface area contributed by atoms with Gasteiger partial charge in [-0.3, -0.25) is 9.20 Å². The highest BCUT2D eigenvalue weighted by atomic mass is 19.1. The molecule has 1 amide bonds. The molecule has 3 aromatic rings. The highest BCUT2D eigenvalue weighted by molar-refractivity contribution is 5.98. The first kappa shape index (κ1) is 17.5. The number of hydrogen-bond acceptors (Lipinski definition) is 4. The van der Waals surface area contributed by atoms with Gasteiger partial charge in [-0.15, -0.1) is 0 Å². The second-order valence-corrected chi connectivity index (χ2v) is 6.88. The summed E-state index contributed by atoms with van der Waals surface area (Å²) in [5.74, 6) is 0.809. The summed E-state index contributed by atoms with van der Waals surface area (Å²) in [6.45, 7) is 4.02. The van der Waals surface area contributed by atoms with Crippen molar-refractivity contribution in [3.05, 3.63) is 53.9 Å². The minimum Gasteiger partial charge on any atom is -0.439 e. The molecular weight excluding hydrogens is 347 g/mol. The van der Waals surface area contributed by atoms with Crippen molar-refractivity contribution in [3.63, 3.8) is 0 Å². The highest BCUT2D eigenvalue weighted by Gasteiger charge is 2.30. The number of hydrogen-bond donors (Lipinski definition) is 1. The van der Waals surface area contributed by atoms with Gasteiger partial charge in [0.1, 0.15) is 17.9 Å². The van der Waals surface area contributed by atoms with Crippen molar-refractivity contribution in [1.82, 2.24) is 19.7 Å². The van der Waals surface area contributed by atoms with Crippen LogP contribution in [0.2, 0.25) is 0 Å². The van der Waals surface area contributed by atoms with E-state index in [2.05, 4.69) is 15.3 Å². The van der Waals surface area contributed by atoms with E-state index < -0.39 is 0 Å². The number of carbonyl (C=O) groups is 1. The van der Waals surface area contributed by atoms with E-state index in [1.807, 2.05) is 13.8 Å². The number of amides is 1. The Hall–Kier alpha value is -2.96. The van der Waals surface area contributed by atoms with Gasteiger partial charge in [0.15, 0.2) is 11.3 Å². The van der Waals surface area contributed by atoms with Crippen molar-refractivity contribution in [3.8, 4) is 11.6 Å². The van der Waals surface area contributed by atoms with E-state index in [0.29, 0.717) is 29.6 Å². The number of fused-ring (bicyclic) bond motifs is 1. The Bertz CT molecular complexity index is 980. The fourth-order valence-corrected chi connectivity index (χ4v) is 3.11. The maximum atomic E-state index is 13.1. The Morgan fingerprint density at radius 3 is 2.78 bits per heavy atom. The number of aromatic nitrogens is 3. The van der Waals surface area contributed by atoms with Crippen molar-refractivity contribution in [1.29, 1.82) is 0 Å². The van der Waals surface area contributed by atoms with Crippen molar-refractivity contribution in [2.45, 2.75) is 39.2 Å². The van der Waals surface area contributed by atoms with E-state index >= 15 is 0 Å². The third kappa shape index (κ3) is 3.63. The monoisotopic (exact) mass is 368 g/mol. The molecule has 1 unspecified atom stereocenters. The maximum Gasteiger partial charge on any atom is 0.274 e. The zero-order chi connectivity index (χ0) is 19.0. The molecule has 1 aromatic carbocycles. The van der Waals surface area contributed by atoms with Crippen LogP contribution in [0.15, 0.2) is 36.7 Å². The second kappa shape index (κ2) is 6.98. The first-order valence-corrected chi connectivity index (χ1v) is 9.16. The molecule has 1 aliphatic carbocycles. The SMILES string of the molecule is CCc1cc(Oc2ccc(F)cc2)nc2c(C(=O)NC(C)C3CC3)ncn12. The molecule has 1 atom stereocenters. The van der Waals surface area contributed by atoms with Gasteiger partial charge in [-0.2, -0.15) is 4.98 Å². The Morgan fingerprint density at radius 2 is 2.11 bits per heavy atom. The quantitative estimate of drug-likeness (QED) is 0.719. The summed E-state index contributed by atoms with van der Waals surface area (Å²) in [4.78, 5) is 21.4. The highest BCUT2D eigenvalue weighted by Crippen LogP contribution is 2.32.